The molecule has 17 heteroatoms. The first kappa shape index (κ1) is 33.8. The number of esters is 6. The smallest absolute Gasteiger partial charge is 0.303 e. The normalized spacial score (nSPS) is 33.1. The number of hydrogen-bond donors (Lipinski definition) is 2. The summed E-state index contributed by atoms with van der Waals surface area (Å²) in [5.41, 5.74) is 0. The van der Waals surface area contributed by atoms with Crippen LogP contribution >= 0.6 is 0 Å². The molecule has 0 spiro atoms. The van der Waals surface area contributed by atoms with Gasteiger partial charge in [-0.1, -0.05) is 0 Å². The van der Waals surface area contributed by atoms with Gasteiger partial charge in [-0.05, 0) is 0 Å². The third-order valence-corrected chi connectivity index (χ3v) is 5.63. The first-order valence-corrected chi connectivity index (χ1v) is 12.4. The molecule has 2 saturated heterocycles. The van der Waals surface area contributed by atoms with E-state index in [1.54, 1.807) is 0 Å². The van der Waals surface area contributed by atoms with Crippen LogP contribution in [0, 0.1) is 0 Å². The van der Waals surface area contributed by atoms with E-state index in [1.807, 2.05) is 0 Å². The molecule has 2 fully saturated rings. The first-order chi connectivity index (χ1) is 19.1. The van der Waals surface area contributed by atoms with Gasteiger partial charge in [0.25, 0.3) is 0 Å². The van der Waals surface area contributed by atoms with Gasteiger partial charge in [0.2, 0.25) is 0 Å². The minimum absolute atomic E-state index is 0.554. The maximum absolute atomic E-state index is 12.0. The van der Waals surface area contributed by atoms with Crippen molar-refractivity contribution in [3.63, 3.8) is 0 Å². The number of hydrogen-bond acceptors (Lipinski definition) is 17. The van der Waals surface area contributed by atoms with E-state index >= 15 is 0 Å². The second-order valence-corrected chi connectivity index (χ2v) is 9.10. The van der Waals surface area contributed by atoms with Crippen LogP contribution in [0.1, 0.15) is 41.5 Å². The fraction of sp³-hybridized carbons (Fsp3) is 0.750. The minimum Gasteiger partial charge on any atom is -0.463 e. The zero-order valence-electron chi connectivity index (χ0n) is 23.2. The van der Waals surface area contributed by atoms with Crippen LogP contribution < -0.4 is 0 Å². The van der Waals surface area contributed by atoms with Crippen LogP contribution in [-0.2, 0) is 71.4 Å². The summed E-state index contributed by atoms with van der Waals surface area (Å²) >= 11 is 0. The monoisotopic (exact) mass is 594 g/mol. The molecule has 0 bridgehead atoms. The molecule has 0 aromatic rings. The molecule has 0 radical (unpaired) electrons. The second kappa shape index (κ2) is 15.0. The van der Waals surface area contributed by atoms with Crippen LogP contribution in [0.15, 0.2) is 0 Å². The summed E-state index contributed by atoms with van der Waals surface area (Å²) in [4.78, 5) is 70.6. The van der Waals surface area contributed by atoms with Crippen molar-refractivity contribution in [2.24, 2.45) is 0 Å². The standard InChI is InChI=1S/C24H34O17/c1-9(25)33-7-15-17(31)19(35-11(3)27)22(38-14(6)30)24(40-15)41-18-16(8-34-10(2)26)39-23(32)21(37-13(5)29)20(18)36-12(4)28/h15-24,31-32H,7-8H2,1-6H3/t15-,16-,17-,18+,19+,20+,21-,22-,23-,24+/m0/s1. The van der Waals surface area contributed by atoms with Gasteiger partial charge in [0, 0.05) is 41.5 Å². The Hall–Kier alpha value is -3.38. The van der Waals surface area contributed by atoms with Gasteiger partial charge >= 0.3 is 35.8 Å². The topological polar surface area (TPSA) is 226 Å². The Morgan fingerprint density at radius 3 is 1.46 bits per heavy atom. The Morgan fingerprint density at radius 2 is 0.976 bits per heavy atom. The molecule has 0 aromatic carbocycles. The molecule has 0 aromatic heterocycles. The van der Waals surface area contributed by atoms with E-state index < -0.39 is 110 Å². The molecule has 2 aliphatic heterocycles. The van der Waals surface area contributed by atoms with Crippen molar-refractivity contribution < 1.29 is 81.6 Å². The summed E-state index contributed by atoms with van der Waals surface area (Å²) in [6.07, 6.45) is -16.3. The highest BCUT2D eigenvalue weighted by Crippen LogP contribution is 2.33. The molecule has 10 atom stereocenters. The van der Waals surface area contributed by atoms with Gasteiger partial charge < -0.3 is 52.8 Å². The number of rotatable bonds is 10. The summed E-state index contributed by atoms with van der Waals surface area (Å²) in [5.74, 6) is -5.07. The van der Waals surface area contributed by atoms with E-state index in [2.05, 4.69) is 0 Å². The fourth-order valence-electron chi connectivity index (χ4n) is 4.17. The summed E-state index contributed by atoms with van der Waals surface area (Å²) in [6, 6.07) is 0. The SMILES string of the molecule is CC(=O)OC[C@@H]1O[C@H](O[C@H]2[C@@H](OC(C)=O)[C@H](OC(C)=O)[C@@H](O)O[C@H]2COC(C)=O)[C@@H](OC(C)=O)[C@H](OC(C)=O)[C@H]1O. The molecular formula is C24H34O17. The van der Waals surface area contributed by atoms with Crippen LogP contribution in [0.2, 0.25) is 0 Å². The lowest BCUT2D eigenvalue weighted by atomic mass is 9.96. The summed E-state index contributed by atoms with van der Waals surface area (Å²) in [5, 5.41) is 21.4. The van der Waals surface area contributed by atoms with E-state index in [1.165, 1.54) is 0 Å². The van der Waals surface area contributed by atoms with Crippen LogP contribution in [0.5, 0.6) is 0 Å². The molecule has 0 saturated carbocycles. The van der Waals surface area contributed by atoms with E-state index in [9.17, 15) is 39.0 Å². The number of carbonyl (C=O) groups excluding carboxylic acids is 6. The zero-order chi connectivity index (χ0) is 31.0. The summed E-state index contributed by atoms with van der Waals surface area (Å²) < 4.78 is 48.0. The summed E-state index contributed by atoms with van der Waals surface area (Å²) in [7, 11) is 0. The maximum Gasteiger partial charge on any atom is 0.303 e. The average Bonchev–Trinajstić information content (AvgIpc) is 2.83. The predicted octanol–water partition coefficient (Wildman–Crippen LogP) is -1.97. The van der Waals surface area contributed by atoms with Crippen molar-refractivity contribution in [1.82, 2.24) is 0 Å². The Balaban J connectivity index is 2.57. The molecule has 17 nitrogen and oxygen atoms in total. The second-order valence-electron chi connectivity index (χ2n) is 9.10. The molecule has 0 amide bonds. The molecule has 0 unspecified atom stereocenters. The lowest BCUT2D eigenvalue weighted by Crippen LogP contribution is -2.66. The van der Waals surface area contributed by atoms with E-state index in [0.29, 0.717) is 0 Å². The van der Waals surface area contributed by atoms with Gasteiger partial charge in [-0.2, -0.15) is 0 Å². The first-order valence-electron chi connectivity index (χ1n) is 12.4. The Morgan fingerprint density at radius 1 is 0.537 bits per heavy atom. The molecule has 232 valence electrons. The average molecular weight is 595 g/mol. The predicted molar refractivity (Wildman–Crippen MR) is 126 cm³/mol. The number of ether oxygens (including phenoxy) is 9. The molecule has 2 N–H and O–H groups in total. The van der Waals surface area contributed by atoms with Crippen LogP contribution in [0.25, 0.3) is 0 Å². The number of aliphatic hydroxyl groups is 2. The van der Waals surface area contributed by atoms with Crippen molar-refractivity contribution in [2.45, 2.75) is 103 Å². The van der Waals surface area contributed by atoms with Gasteiger partial charge in [-0.15, -0.1) is 0 Å². The van der Waals surface area contributed by atoms with Crippen molar-refractivity contribution in [2.75, 3.05) is 13.2 Å². The largest absolute Gasteiger partial charge is 0.463 e. The summed E-state index contributed by atoms with van der Waals surface area (Å²) in [6.45, 7) is 5.14. The van der Waals surface area contributed by atoms with Crippen LogP contribution in [0.4, 0.5) is 0 Å². The highest BCUT2D eigenvalue weighted by atomic mass is 16.8. The molecule has 2 aliphatic rings. The maximum atomic E-state index is 12.0. The highest BCUT2D eigenvalue weighted by molar-refractivity contribution is 5.68. The van der Waals surface area contributed by atoms with Crippen molar-refractivity contribution >= 4 is 35.8 Å². The molecule has 2 rings (SSSR count). The molecule has 0 aliphatic carbocycles. The molecule has 2 heterocycles. The van der Waals surface area contributed by atoms with Crippen molar-refractivity contribution in [3.8, 4) is 0 Å². The molecule has 41 heavy (non-hydrogen) atoms. The van der Waals surface area contributed by atoms with E-state index in [4.69, 9.17) is 42.6 Å². The van der Waals surface area contributed by atoms with Crippen LogP contribution in [0.3, 0.4) is 0 Å². The van der Waals surface area contributed by atoms with Gasteiger partial charge in [0.1, 0.15) is 37.6 Å². The third-order valence-electron chi connectivity index (χ3n) is 5.63. The van der Waals surface area contributed by atoms with Crippen molar-refractivity contribution in [3.05, 3.63) is 0 Å². The lowest BCUT2D eigenvalue weighted by molar-refractivity contribution is -0.357. The highest BCUT2D eigenvalue weighted by Gasteiger charge is 2.56. The number of carbonyl (C=O) groups is 6. The zero-order valence-corrected chi connectivity index (χ0v) is 23.2. The van der Waals surface area contributed by atoms with E-state index in [0.717, 1.165) is 41.5 Å². The minimum atomic E-state index is -1.88. The lowest BCUT2D eigenvalue weighted by Gasteiger charge is -2.47. The Labute approximate surface area is 234 Å². The fourth-order valence-corrected chi connectivity index (χ4v) is 4.17. The number of aliphatic hydroxyl groups excluding tert-OH is 2. The van der Waals surface area contributed by atoms with Gasteiger partial charge in [-0.3, -0.25) is 28.8 Å². The quantitative estimate of drug-likeness (QED) is 0.206. The Kier molecular flexibility index (Phi) is 12.4. The third kappa shape index (κ3) is 9.89. The van der Waals surface area contributed by atoms with Crippen molar-refractivity contribution in [1.29, 1.82) is 0 Å². The van der Waals surface area contributed by atoms with Gasteiger partial charge in [0.15, 0.2) is 37.0 Å². The van der Waals surface area contributed by atoms with Gasteiger partial charge in [-0.25, -0.2) is 0 Å². The van der Waals surface area contributed by atoms with E-state index in [-0.39, 0.29) is 0 Å². The van der Waals surface area contributed by atoms with Crippen LogP contribution in [-0.4, -0.2) is 121 Å². The molecular weight excluding hydrogens is 560 g/mol. The Bertz CT molecular complexity index is 981. The van der Waals surface area contributed by atoms with Gasteiger partial charge in [0.05, 0.1) is 0 Å².